The highest BCUT2D eigenvalue weighted by atomic mass is 16.5. The lowest BCUT2D eigenvalue weighted by molar-refractivity contribution is 0.110. The molecule has 2 aliphatic rings. The zero-order chi connectivity index (χ0) is 14.1. The molecule has 2 fully saturated rings. The fourth-order valence-corrected chi connectivity index (χ4v) is 3.87. The number of hydrogen-bond donors (Lipinski definition) is 2. The monoisotopic (exact) mass is 277 g/mol. The number of ether oxygens (including phenoxy) is 1. The van der Waals surface area contributed by atoms with E-state index in [1.54, 1.807) is 19.5 Å². The molecule has 3 heterocycles. The molecule has 20 heavy (non-hydrogen) atoms. The topological polar surface area (TPSA) is 76.3 Å². The van der Waals surface area contributed by atoms with Crippen molar-refractivity contribution in [1.29, 1.82) is 0 Å². The minimum absolute atomic E-state index is 0.00968. The van der Waals surface area contributed by atoms with E-state index in [4.69, 9.17) is 10.6 Å². The summed E-state index contributed by atoms with van der Waals surface area (Å²) in [6.45, 7) is 0. The van der Waals surface area contributed by atoms with E-state index in [0.29, 0.717) is 23.9 Å². The normalized spacial score (nSPS) is 31.2. The predicted molar refractivity (Wildman–Crippen MR) is 75.9 cm³/mol. The van der Waals surface area contributed by atoms with Crippen LogP contribution < -0.4 is 16.0 Å². The van der Waals surface area contributed by atoms with Gasteiger partial charge in [0.05, 0.1) is 13.2 Å². The van der Waals surface area contributed by atoms with Gasteiger partial charge < -0.3 is 9.64 Å². The molecule has 0 saturated carbocycles. The number of hydrazine groups is 1. The van der Waals surface area contributed by atoms with Crippen molar-refractivity contribution in [2.45, 2.75) is 43.8 Å². The van der Waals surface area contributed by atoms with Gasteiger partial charge in [0.15, 0.2) is 0 Å². The maximum atomic E-state index is 5.82. The van der Waals surface area contributed by atoms with Gasteiger partial charge in [-0.2, -0.15) is 0 Å². The maximum Gasteiger partial charge on any atom is 0.237 e. The van der Waals surface area contributed by atoms with E-state index in [-0.39, 0.29) is 6.04 Å². The van der Waals surface area contributed by atoms with Gasteiger partial charge in [-0.3, -0.25) is 16.3 Å². The highest BCUT2D eigenvalue weighted by Crippen LogP contribution is 2.42. The Morgan fingerprint density at radius 2 is 1.95 bits per heavy atom. The Morgan fingerprint density at radius 1 is 1.30 bits per heavy atom. The fraction of sp³-hybridized carbons (Fsp3) is 0.714. The zero-order valence-corrected chi connectivity index (χ0v) is 12.1. The molecule has 3 rings (SSSR count). The lowest BCUT2D eigenvalue weighted by Gasteiger charge is -2.39. The third-order valence-corrected chi connectivity index (χ3v) is 4.96. The molecule has 2 saturated heterocycles. The smallest absolute Gasteiger partial charge is 0.237 e. The summed E-state index contributed by atoms with van der Waals surface area (Å²) in [6, 6.07) is 1.37. The average molecular weight is 277 g/mol. The first-order chi connectivity index (χ1) is 9.74. The summed E-state index contributed by atoms with van der Waals surface area (Å²) in [5, 5.41) is 0. The van der Waals surface area contributed by atoms with Crippen molar-refractivity contribution >= 4 is 0 Å². The minimum atomic E-state index is 0.00968. The van der Waals surface area contributed by atoms with Crippen molar-refractivity contribution in [2.75, 3.05) is 14.2 Å². The van der Waals surface area contributed by atoms with Crippen LogP contribution in [0.4, 0.5) is 0 Å². The largest absolute Gasteiger partial charge is 0.480 e. The highest BCUT2D eigenvalue weighted by molar-refractivity contribution is 5.22. The SMILES string of the molecule is COc1nccnc1C(NN)C1CC2CCC(C1)N2C. The Balaban J connectivity index is 1.84. The van der Waals surface area contributed by atoms with Crippen molar-refractivity contribution in [3.05, 3.63) is 18.1 Å². The van der Waals surface area contributed by atoms with E-state index >= 15 is 0 Å². The second-order valence-corrected chi connectivity index (χ2v) is 5.88. The lowest BCUT2D eigenvalue weighted by atomic mass is 9.84. The third-order valence-electron chi connectivity index (χ3n) is 4.96. The van der Waals surface area contributed by atoms with Crippen LogP contribution in [-0.2, 0) is 0 Å². The number of methoxy groups -OCH3 is 1. The summed E-state index contributed by atoms with van der Waals surface area (Å²) in [6.07, 6.45) is 8.25. The molecule has 3 atom stereocenters. The second kappa shape index (κ2) is 5.63. The van der Waals surface area contributed by atoms with E-state index in [9.17, 15) is 0 Å². The van der Waals surface area contributed by atoms with E-state index in [0.717, 1.165) is 18.5 Å². The van der Waals surface area contributed by atoms with Crippen LogP contribution in [0.15, 0.2) is 12.4 Å². The molecule has 1 aromatic heterocycles. The first kappa shape index (κ1) is 13.7. The predicted octanol–water partition coefficient (Wildman–Crippen LogP) is 0.862. The van der Waals surface area contributed by atoms with Gasteiger partial charge in [0.1, 0.15) is 5.69 Å². The van der Waals surface area contributed by atoms with Crippen LogP contribution in [0.1, 0.15) is 37.4 Å². The molecule has 1 aromatic rings. The van der Waals surface area contributed by atoms with Crippen molar-refractivity contribution in [1.82, 2.24) is 20.3 Å². The number of piperidine rings is 1. The van der Waals surface area contributed by atoms with Crippen molar-refractivity contribution in [3.63, 3.8) is 0 Å². The van der Waals surface area contributed by atoms with Gasteiger partial charge in [0.25, 0.3) is 0 Å². The first-order valence-corrected chi connectivity index (χ1v) is 7.27. The van der Waals surface area contributed by atoms with Gasteiger partial charge in [-0.1, -0.05) is 0 Å². The fourth-order valence-electron chi connectivity index (χ4n) is 3.87. The van der Waals surface area contributed by atoms with Gasteiger partial charge >= 0.3 is 0 Å². The summed E-state index contributed by atoms with van der Waals surface area (Å²) >= 11 is 0. The van der Waals surface area contributed by atoms with Gasteiger partial charge in [-0.25, -0.2) is 4.98 Å². The Labute approximate surface area is 119 Å². The molecular formula is C14H23N5O. The van der Waals surface area contributed by atoms with Crippen molar-refractivity contribution in [2.24, 2.45) is 11.8 Å². The molecule has 6 nitrogen and oxygen atoms in total. The van der Waals surface area contributed by atoms with Crippen LogP contribution in [0.2, 0.25) is 0 Å². The molecule has 0 aromatic carbocycles. The van der Waals surface area contributed by atoms with E-state index in [1.165, 1.54) is 12.8 Å². The molecule has 0 amide bonds. The summed E-state index contributed by atoms with van der Waals surface area (Å²) < 4.78 is 5.33. The van der Waals surface area contributed by atoms with Gasteiger partial charge in [0.2, 0.25) is 5.88 Å². The Morgan fingerprint density at radius 3 is 2.55 bits per heavy atom. The zero-order valence-electron chi connectivity index (χ0n) is 12.1. The van der Waals surface area contributed by atoms with E-state index < -0.39 is 0 Å². The number of nitrogens with zero attached hydrogens (tertiary/aromatic N) is 3. The number of aromatic nitrogens is 2. The summed E-state index contributed by atoms with van der Waals surface area (Å²) in [4.78, 5) is 11.2. The average Bonchev–Trinajstić information content (AvgIpc) is 2.70. The number of rotatable bonds is 4. The molecule has 2 bridgehead atoms. The van der Waals surface area contributed by atoms with Crippen LogP contribution in [0.3, 0.4) is 0 Å². The summed E-state index contributed by atoms with van der Waals surface area (Å²) in [5.74, 6) is 6.87. The quantitative estimate of drug-likeness (QED) is 0.628. The first-order valence-electron chi connectivity index (χ1n) is 7.27. The number of fused-ring (bicyclic) bond motifs is 2. The van der Waals surface area contributed by atoms with Crippen molar-refractivity contribution < 1.29 is 4.74 Å². The summed E-state index contributed by atoms with van der Waals surface area (Å²) in [5.41, 5.74) is 3.77. The van der Waals surface area contributed by atoms with Crippen LogP contribution in [-0.4, -0.2) is 41.1 Å². The number of hydrogen-bond acceptors (Lipinski definition) is 6. The van der Waals surface area contributed by atoms with Crippen LogP contribution in [0.25, 0.3) is 0 Å². The Hall–Kier alpha value is -1.24. The van der Waals surface area contributed by atoms with Gasteiger partial charge in [-0.15, -0.1) is 0 Å². The van der Waals surface area contributed by atoms with Crippen LogP contribution in [0.5, 0.6) is 5.88 Å². The molecule has 110 valence electrons. The van der Waals surface area contributed by atoms with E-state index in [2.05, 4.69) is 27.3 Å². The molecule has 3 unspecified atom stereocenters. The Bertz CT molecular complexity index is 455. The third kappa shape index (κ3) is 2.28. The molecule has 0 spiro atoms. The Kier molecular flexibility index (Phi) is 3.87. The molecule has 0 aliphatic carbocycles. The molecule has 6 heteroatoms. The lowest BCUT2D eigenvalue weighted by Crippen LogP contribution is -2.45. The molecule has 0 radical (unpaired) electrons. The van der Waals surface area contributed by atoms with Gasteiger partial charge in [0, 0.05) is 24.5 Å². The molecule has 2 aliphatic heterocycles. The minimum Gasteiger partial charge on any atom is -0.480 e. The van der Waals surface area contributed by atoms with Gasteiger partial charge in [-0.05, 0) is 38.6 Å². The second-order valence-electron chi connectivity index (χ2n) is 5.88. The number of nitrogens with one attached hydrogen (secondary N) is 1. The standard InChI is InChI=1S/C14H23N5O/c1-19-10-3-4-11(19)8-9(7-10)12(18-15)13-14(20-2)17-6-5-16-13/h5-6,9-12,18H,3-4,7-8,15H2,1-2H3. The van der Waals surface area contributed by atoms with Crippen LogP contribution >= 0.6 is 0 Å². The summed E-state index contributed by atoms with van der Waals surface area (Å²) in [7, 11) is 3.87. The maximum absolute atomic E-state index is 5.82. The molecular weight excluding hydrogens is 254 g/mol. The van der Waals surface area contributed by atoms with Crippen molar-refractivity contribution in [3.8, 4) is 5.88 Å². The van der Waals surface area contributed by atoms with E-state index in [1.807, 2.05) is 0 Å². The van der Waals surface area contributed by atoms with Crippen LogP contribution in [0, 0.1) is 5.92 Å². The highest BCUT2D eigenvalue weighted by Gasteiger charge is 2.42. The number of nitrogens with two attached hydrogens (primary N) is 1. The molecule has 3 N–H and O–H groups in total.